The van der Waals surface area contributed by atoms with E-state index in [9.17, 15) is 0 Å². The predicted octanol–water partition coefficient (Wildman–Crippen LogP) is 1.62. The summed E-state index contributed by atoms with van der Waals surface area (Å²) in [6.07, 6.45) is 0. The van der Waals surface area contributed by atoms with Crippen LogP contribution in [0, 0.1) is 13.8 Å². The van der Waals surface area contributed by atoms with Crippen LogP contribution in [0.25, 0.3) is 10.2 Å². The van der Waals surface area contributed by atoms with Crippen molar-refractivity contribution in [2.24, 2.45) is 0 Å². The molecule has 2 aromatic carbocycles. The Labute approximate surface area is 142 Å². The summed E-state index contributed by atoms with van der Waals surface area (Å²) in [5.41, 5.74) is 3.96. The molecule has 1 nitrogen and oxygen atoms in total. The normalized spacial score (nSPS) is 10.6. The monoisotopic (exact) mass is 411 g/mol. The Bertz CT molecular complexity index is 732. The van der Waals surface area contributed by atoms with E-state index < -0.39 is 0 Å². The van der Waals surface area contributed by atoms with Gasteiger partial charge in [0.05, 0.1) is 0 Å². The van der Waals surface area contributed by atoms with Gasteiger partial charge in [-0.25, -0.2) is 0 Å². The Balaban J connectivity index is 0.00000147. The largest absolute Gasteiger partial charge is 1.00 e. The summed E-state index contributed by atoms with van der Waals surface area (Å²) in [6.45, 7) is 5.24. The van der Waals surface area contributed by atoms with Crippen molar-refractivity contribution in [1.29, 1.82) is 0 Å². The van der Waals surface area contributed by atoms with Gasteiger partial charge in [0, 0.05) is 23.0 Å². The first-order valence-electron chi connectivity index (χ1n) is 6.27. The fourth-order valence-corrected chi connectivity index (χ4v) is 3.59. The van der Waals surface area contributed by atoms with Gasteiger partial charge in [0.15, 0.2) is 6.54 Å². The number of thiazole rings is 1. The third-order valence-corrected chi connectivity index (χ3v) is 4.89. The molecule has 0 saturated heterocycles. The number of benzene rings is 2. The van der Waals surface area contributed by atoms with E-state index in [2.05, 4.69) is 76.8 Å². The van der Waals surface area contributed by atoms with Crippen molar-refractivity contribution in [3.05, 3.63) is 63.1 Å². The summed E-state index contributed by atoms with van der Waals surface area (Å²) in [6, 6.07) is 15.3. The molecule has 104 valence electrons. The van der Waals surface area contributed by atoms with E-state index in [1.54, 1.807) is 0 Å². The Morgan fingerprint density at radius 2 is 1.75 bits per heavy atom. The van der Waals surface area contributed by atoms with Crippen LogP contribution in [-0.2, 0) is 6.54 Å². The molecule has 0 atom stereocenters. The fourth-order valence-electron chi connectivity index (χ4n) is 2.24. The van der Waals surface area contributed by atoms with Crippen molar-refractivity contribution >= 4 is 37.5 Å². The molecule has 1 heterocycles. The average Bonchev–Trinajstić information content (AvgIpc) is 2.69. The van der Waals surface area contributed by atoms with Crippen LogP contribution in [0.5, 0.6) is 0 Å². The lowest BCUT2D eigenvalue weighted by Gasteiger charge is -1.99. The zero-order chi connectivity index (χ0) is 13.4. The molecule has 4 heteroatoms. The van der Waals surface area contributed by atoms with Crippen molar-refractivity contribution < 1.29 is 21.5 Å². The van der Waals surface area contributed by atoms with E-state index >= 15 is 0 Å². The second-order valence-corrected chi connectivity index (χ2v) is 6.96. The number of hydrogen-bond donors (Lipinski definition) is 0. The van der Waals surface area contributed by atoms with Gasteiger partial charge in [-0.05, 0) is 19.1 Å². The Kier molecular flexibility index (Phi) is 4.99. The predicted molar refractivity (Wildman–Crippen MR) is 84.7 cm³/mol. The van der Waals surface area contributed by atoms with Gasteiger partial charge in [0.1, 0.15) is 4.70 Å². The summed E-state index contributed by atoms with van der Waals surface area (Å²) in [5, 5.41) is 1.34. The Morgan fingerprint density at radius 1 is 1.05 bits per heavy atom. The Morgan fingerprint density at radius 3 is 2.45 bits per heavy atom. The van der Waals surface area contributed by atoms with Crippen molar-refractivity contribution in [2.75, 3.05) is 0 Å². The van der Waals surface area contributed by atoms with Crippen molar-refractivity contribution in [3.63, 3.8) is 0 Å². The fraction of sp³-hybridized carbons (Fsp3) is 0.188. The summed E-state index contributed by atoms with van der Waals surface area (Å²) in [7, 11) is 0. The van der Waals surface area contributed by atoms with E-state index in [1.165, 1.54) is 26.4 Å². The molecule has 0 amide bonds. The van der Waals surface area contributed by atoms with Crippen LogP contribution in [-0.4, -0.2) is 0 Å². The van der Waals surface area contributed by atoms with Gasteiger partial charge in [0.2, 0.25) is 10.5 Å². The van der Waals surface area contributed by atoms with Gasteiger partial charge in [-0.3, -0.25) is 0 Å². The zero-order valence-corrected chi connectivity index (χ0v) is 15.3. The standard InChI is InChI=1S/C16H15BrNS.BrH/c1-11-3-5-13(6-4-11)10-18-12(2)19-16-8-7-14(17)9-15(16)18;/h3-9H,10H2,1-2H3;1H/q+1;/p-1. The minimum absolute atomic E-state index is 0. The lowest BCUT2D eigenvalue weighted by Crippen LogP contribution is -3.00. The van der Waals surface area contributed by atoms with Crippen LogP contribution >= 0.6 is 27.3 Å². The second kappa shape index (κ2) is 6.37. The highest BCUT2D eigenvalue weighted by Crippen LogP contribution is 2.23. The molecule has 0 fully saturated rings. The summed E-state index contributed by atoms with van der Waals surface area (Å²) < 4.78 is 4.86. The van der Waals surface area contributed by atoms with Gasteiger partial charge < -0.3 is 17.0 Å². The molecule has 0 bridgehead atoms. The molecular weight excluding hydrogens is 398 g/mol. The molecule has 0 spiro atoms. The number of nitrogens with zero attached hydrogens (tertiary/aromatic N) is 1. The molecule has 0 unspecified atom stereocenters. The number of fused-ring (bicyclic) bond motifs is 1. The van der Waals surface area contributed by atoms with E-state index in [0.29, 0.717) is 0 Å². The molecule has 3 aromatic rings. The first-order valence-corrected chi connectivity index (χ1v) is 7.88. The summed E-state index contributed by atoms with van der Waals surface area (Å²) in [5.74, 6) is 0. The van der Waals surface area contributed by atoms with Crippen LogP contribution < -0.4 is 21.5 Å². The van der Waals surface area contributed by atoms with Gasteiger partial charge in [-0.2, -0.15) is 4.57 Å². The smallest absolute Gasteiger partial charge is 0.235 e. The third kappa shape index (κ3) is 3.13. The summed E-state index contributed by atoms with van der Waals surface area (Å²) >= 11 is 5.41. The molecule has 0 aliphatic rings. The molecule has 20 heavy (non-hydrogen) atoms. The van der Waals surface area contributed by atoms with Crippen molar-refractivity contribution in [2.45, 2.75) is 20.4 Å². The molecule has 0 N–H and O–H groups in total. The second-order valence-electron chi connectivity index (χ2n) is 4.80. The number of hydrogen-bond acceptors (Lipinski definition) is 1. The first kappa shape index (κ1) is 15.7. The topological polar surface area (TPSA) is 3.88 Å². The van der Waals surface area contributed by atoms with Crippen LogP contribution in [0.1, 0.15) is 16.1 Å². The van der Waals surface area contributed by atoms with Gasteiger partial charge in [-0.1, -0.05) is 57.1 Å². The van der Waals surface area contributed by atoms with Crippen molar-refractivity contribution in [1.82, 2.24) is 0 Å². The lowest BCUT2D eigenvalue weighted by atomic mass is 10.1. The molecule has 0 radical (unpaired) electrons. The highest BCUT2D eigenvalue weighted by Gasteiger charge is 2.17. The molecule has 0 aliphatic heterocycles. The summed E-state index contributed by atoms with van der Waals surface area (Å²) in [4.78, 5) is 0. The number of rotatable bonds is 2. The minimum Gasteiger partial charge on any atom is -1.00 e. The SMILES string of the molecule is Cc1ccc(C[n+]2c(C)sc3ccc(Br)cc32)cc1.[Br-]. The van der Waals surface area contributed by atoms with Crippen LogP contribution in [0.3, 0.4) is 0 Å². The highest BCUT2D eigenvalue weighted by molar-refractivity contribution is 9.10. The van der Waals surface area contributed by atoms with Crippen LogP contribution in [0.4, 0.5) is 0 Å². The maximum absolute atomic E-state index is 3.56. The minimum atomic E-state index is 0. The maximum atomic E-state index is 3.56. The van der Waals surface area contributed by atoms with Gasteiger partial charge >= 0.3 is 0 Å². The van der Waals surface area contributed by atoms with E-state index in [0.717, 1.165) is 11.0 Å². The average molecular weight is 413 g/mol. The number of aromatic nitrogens is 1. The quantitative estimate of drug-likeness (QED) is 0.563. The van der Waals surface area contributed by atoms with E-state index in [-0.39, 0.29) is 17.0 Å². The number of halogens is 2. The molecule has 1 aromatic heterocycles. The maximum Gasteiger partial charge on any atom is 0.235 e. The first-order chi connectivity index (χ1) is 9.13. The van der Waals surface area contributed by atoms with E-state index in [4.69, 9.17) is 0 Å². The van der Waals surface area contributed by atoms with E-state index in [1.807, 2.05) is 11.3 Å². The van der Waals surface area contributed by atoms with Crippen LogP contribution in [0.2, 0.25) is 0 Å². The Hall–Kier alpha value is -0.710. The van der Waals surface area contributed by atoms with Gasteiger partial charge in [0.25, 0.3) is 0 Å². The molecule has 0 aliphatic carbocycles. The third-order valence-electron chi connectivity index (χ3n) is 3.31. The van der Waals surface area contributed by atoms with Gasteiger partial charge in [-0.15, -0.1) is 0 Å². The van der Waals surface area contributed by atoms with Crippen LogP contribution in [0.15, 0.2) is 46.9 Å². The molecule has 0 saturated carbocycles. The highest BCUT2D eigenvalue weighted by atomic mass is 79.9. The zero-order valence-electron chi connectivity index (χ0n) is 11.4. The lowest BCUT2D eigenvalue weighted by molar-refractivity contribution is -0.664. The van der Waals surface area contributed by atoms with Crippen molar-refractivity contribution in [3.8, 4) is 0 Å². The molecular formula is C16H15Br2NS. The number of aryl methyl sites for hydroxylation is 2. The molecule has 3 rings (SSSR count).